The topological polar surface area (TPSA) is 18.8 Å². The number of hydrogen-bond donors (Lipinski definition) is 0. The third kappa shape index (κ3) is 5.10. The van der Waals surface area contributed by atoms with Gasteiger partial charge in [0.1, 0.15) is 0 Å². The molecule has 0 bridgehead atoms. The maximum atomic E-state index is 5.02. The standard InChI is InChI=1S/C27H33N3/c1-6-23-11-17-27(18-12-23)30(26-15-9-21(4)10-16-26)28-22(5)24-13-19-25(20-14-24)29(7-2)8-3/h9,11-20H,4,6-8,10H2,1-3,5H3/b28-22-. The number of benzene rings is 2. The Morgan fingerprint density at radius 1 is 0.900 bits per heavy atom. The first-order valence-electron chi connectivity index (χ1n) is 10.9. The lowest BCUT2D eigenvalue weighted by atomic mass is 10.1. The Hall–Kier alpha value is -3.07. The first kappa shape index (κ1) is 21.6. The summed E-state index contributed by atoms with van der Waals surface area (Å²) < 4.78 is 0. The summed E-state index contributed by atoms with van der Waals surface area (Å²) in [6.07, 6.45) is 8.25. The zero-order valence-corrected chi connectivity index (χ0v) is 18.7. The molecule has 0 fully saturated rings. The van der Waals surface area contributed by atoms with Crippen molar-refractivity contribution >= 4 is 17.1 Å². The highest BCUT2D eigenvalue weighted by Gasteiger charge is 2.13. The predicted molar refractivity (Wildman–Crippen MR) is 131 cm³/mol. The average molecular weight is 400 g/mol. The van der Waals surface area contributed by atoms with Gasteiger partial charge in [0, 0.05) is 18.8 Å². The first-order chi connectivity index (χ1) is 14.5. The van der Waals surface area contributed by atoms with Crippen LogP contribution in [0.4, 0.5) is 11.4 Å². The van der Waals surface area contributed by atoms with E-state index in [9.17, 15) is 0 Å². The zero-order valence-electron chi connectivity index (χ0n) is 18.7. The Morgan fingerprint density at radius 3 is 2.07 bits per heavy atom. The van der Waals surface area contributed by atoms with Crippen molar-refractivity contribution in [1.82, 2.24) is 0 Å². The number of nitrogens with zero attached hydrogens (tertiary/aromatic N) is 3. The normalized spacial score (nSPS) is 13.9. The van der Waals surface area contributed by atoms with E-state index in [1.54, 1.807) is 0 Å². The van der Waals surface area contributed by atoms with E-state index in [-0.39, 0.29) is 0 Å². The SMILES string of the molecule is C=C1C=CC(N(/N=C(/C)c2ccc(N(CC)CC)cc2)c2ccc(CC)cc2)=CC1. The molecule has 0 heterocycles. The van der Waals surface area contributed by atoms with E-state index in [1.165, 1.54) is 11.3 Å². The molecule has 0 atom stereocenters. The van der Waals surface area contributed by atoms with Gasteiger partial charge in [0.15, 0.2) is 0 Å². The van der Waals surface area contributed by atoms with Crippen LogP contribution in [0, 0.1) is 0 Å². The lowest BCUT2D eigenvalue weighted by Crippen LogP contribution is -2.21. The maximum absolute atomic E-state index is 5.02. The fraction of sp³-hybridized carbons (Fsp3) is 0.296. The number of allylic oxidation sites excluding steroid dienone is 4. The van der Waals surface area contributed by atoms with Crippen molar-refractivity contribution in [1.29, 1.82) is 0 Å². The summed E-state index contributed by atoms with van der Waals surface area (Å²) in [5.74, 6) is 0. The van der Waals surface area contributed by atoms with Crippen LogP contribution in [-0.2, 0) is 6.42 Å². The van der Waals surface area contributed by atoms with Crippen molar-refractivity contribution in [2.75, 3.05) is 23.0 Å². The van der Waals surface area contributed by atoms with Crippen LogP contribution in [0.1, 0.15) is 45.2 Å². The number of rotatable bonds is 8. The molecule has 0 amide bonds. The fourth-order valence-corrected chi connectivity index (χ4v) is 3.58. The Bertz CT molecular complexity index is 943. The lowest BCUT2D eigenvalue weighted by Gasteiger charge is -2.24. The van der Waals surface area contributed by atoms with E-state index in [4.69, 9.17) is 5.10 Å². The third-order valence-corrected chi connectivity index (χ3v) is 5.56. The lowest BCUT2D eigenvalue weighted by molar-refractivity contribution is 0.866. The smallest absolute Gasteiger partial charge is 0.0655 e. The molecule has 0 aromatic heterocycles. The summed E-state index contributed by atoms with van der Waals surface area (Å²) in [6, 6.07) is 17.4. The third-order valence-electron chi connectivity index (χ3n) is 5.56. The fourth-order valence-electron chi connectivity index (χ4n) is 3.58. The van der Waals surface area contributed by atoms with Crippen molar-refractivity contribution in [3.05, 3.63) is 95.7 Å². The van der Waals surface area contributed by atoms with Gasteiger partial charge in [-0.15, -0.1) is 0 Å². The van der Waals surface area contributed by atoms with Crippen molar-refractivity contribution in [2.24, 2.45) is 5.10 Å². The van der Waals surface area contributed by atoms with Gasteiger partial charge in [-0.05, 0) is 75.1 Å². The van der Waals surface area contributed by atoms with Gasteiger partial charge in [0.25, 0.3) is 0 Å². The second-order valence-corrected chi connectivity index (χ2v) is 7.56. The van der Waals surface area contributed by atoms with Gasteiger partial charge in [-0.25, -0.2) is 5.01 Å². The van der Waals surface area contributed by atoms with E-state index in [0.717, 1.165) is 54.2 Å². The van der Waals surface area contributed by atoms with Gasteiger partial charge in [-0.3, -0.25) is 0 Å². The molecule has 156 valence electrons. The highest BCUT2D eigenvalue weighted by Crippen LogP contribution is 2.26. The van der Waals surface area contributed by atoms with Crippen molar-refractivity contribution in [3.8, 4) is 0 Å². The summed E-state index contributed by atoms with van der Waals surface area (Å²) in [6.45, 7) is 14.7. The minimum atomic E-state index is 0.850. The quantitative estimate of drug-likeness (QED) is 0.362. The minimum Gasteiger partial charge on any atom is -0.372 e. The van der Waals surface area contributed by atoms with Gasteiger partial charge >= 0.3 is 0 Å². The molecular formula is C27H33N3. The van der Waals surface area contributed by atoms with Crippen LogP contribution in [0.15, 0.2) is 89.7 Å². The predicted octanol–water partition coefficient (Wildman–Crippen LogP) is 6.73. The van der Waals surface area contributed by atoms with Crippen molar-refractivity contribution in [3.63, 3.8) is 0 Å². The zero-order chi connectivity index (χ0) is 21.5. The Morgan fingerprint density at radius 2 is 1.53 bits per heavy atom. The van der Waals surface area contributed by atoms with Crippen LogP contribution >= 0.6 is 0 Å². The van der Waals surface area contributed by atoms with Gasteiger partial charge in [0.05, 0.1) is 17.1 Å². The van der Waals surface area contributed by atoms with Crippen LogP contribution in [0.25, 0.3) is 0 Å². The Balaban J connectivity index is 1.93. The summed E-state index contributed by atoms with van der Waals surface area (Å²) in [5, 5.41) is 7.06. The molecule has 30 heavy (non-hydrogen) atoms. The summed E-state index contributed by atoms with van der Waals surface area (Å²) in [4.78, 5) is 2.35. The summed E-state index contributed by atoms with van der Waals surface area (Å²) >= 11 is 0. The first-order valence-corrected chi connectivity index (χ1v) is 10.9. The monoisotopic (exact) mass is 399 g/mol. The van der Waals surface area contributed by atoms with Gasteiger partial charge < -0.3 is 4.90 Å². The Labute approximate surface area is 181 Å². The van der Waals surface area contributed by atoms with Gasteiger partial charge in [0.2, 0.25) is 0 Å². The summed E-state index contributed by atoms with van der Waals surface area (Å²) in [7, 11) is 0. The molecular weight excluding hydrogens is 366 g/mol. The van der Waals surface area contributed by atoms with E-state index in [1.807, 2.05) is 5.01 Å². The van der Waals surface area contributed by atoms with Crippen LogP contribution in [-0.4, -0.2) is 18.8 Å². The van der Waals surface area contributed by atoms with Crippen molar-refractivity contribution in [2.45, 2.75) is 40.5 Å². The van der Waals surface area contributed by atoms with E-state index in [2.05, 4.69) is 106 Å². The highest BCUT2D eigenvalue weighted by atomic mass is 15.5. The molecule has 1 aliphatic rings. The molecule has 0 saturated heterocycles. The number of hydrogen-bond acceptors (Lipinski definition) is 3. The van der Waals surface area contributed by atoms with Gasteiger partial charge in [-0.1, -0.05) is 55.5 Å². The Kier molecular flexibility index (Phi) is 7.29. The molecule has 0 unspecified atom stereocenters. The molecule has 3 heteroatoms. The molecule has 0 N–H and O–H groups in total. The second kappa shape index (κ2) is 10.1. The molecule has 1 aliphatic carbocycles. The molecule has 0 aliphatic heterocycles. The molecule has 0 radical (unpaired) electrons. The molecule has 0 saturated carbocycles. The summed E-state index contributed by atoms with van der Waals surface area (Å²) in [5.41, 5.74) is 7.95. The molecule has 2 aromatic carbocycles. The average Bonchev–Trinajstić information content (AvgIpc) is 2.79. The number of hydrazone groups is 1. The van der Waals surface area contributed by atoms with E-state index < -0.39 is 0 Å². The number of anilines is 2. The molecule has 2 aromatic rings. The minimum absolute atomic E-state index is 0.850. The maximum Gasteiger partial charge on any atom is 0.0655 e. The highest BCUT2D eigenvalue weighted by molar-refractivity contribution is 5.99. The second-order valence-electron chi connectivity index (χ2n) is 7.56. The van der Waals surface area contributed by atoms with Crippen LogP contribution < -0.4 is 9.91 Å². The van der Waals surface area contributed by atoms with E-state index >= 15 is 0 Å². The van der Waals surface area contributed by atoms with Crippen LogP contribution in [0.5, 0.6) is 0 Å². The molecule has 3 rings (SSSR count). The molecule has 0 spiro atoms. The number of aryl methyl sites for hydroxylation is 1. The largest absolute Gasteiger partial charge is 0.372 e. The van der Waals surface area contributed by atoms with E-state index in [0.29, 0.717) is 0 Å². The van der Waals surface area contributed by atoms with Crippen molar-refractivity contribution < 1.29 is 0 Å². The van der Waals surface area contributed by atoms with Crippen LogP contribution in [0.2, 0.25) is 0 Å². The molecule has 3 nitrogen and oxygen atoms in total. The van der Waals surface area contributed by atoms with Crippen LogP contribution in [0.3, 0.4) is 0 Å². The van der Waals surface area contributed by atoms with Gasteiger partial charge in [-0.2, -0.15) is 5.10 Å².